The molecular formula is C13H21N3O2S2. The monoisotopic (exact) mass is 315 g/mol. The zero-order valence-electron chi connectivity index (χ0n) is 12.0. The Kier molecular flexibility index (Phi) is 5.17. The maximum Gasteiger partial charge on any atom is 0.263 e. The standard InChI is InChI=1S/C13H21N3O2S2/c1-7-8(4-5-18-7)6-16-13-11(19-3)9(14)10(20-13)12(17)15-2/h7-8,16H,4-6,14H2,1-3H3,(H,15,17). The number of amides is 1. The van der Waals surface area contributed by atoms with Crippen molar-refractivity contribution in [3.8, 4) is 0 Å². The molecule has 0 aromatic carbocycles. The molecule has 0 bridgehead atoms. The molecule has 0 saturated carbocycles. The quantitative estimate of drug-likeness (QED) is 0.727. The summed E-state index contributed by atoms with van der Waals surface area (Å²) in [5.41, 5.74) is 6.64. The number of rotatable bonds is 5. The number of thiophene rings is 1. The Hall–Kier alpha value is -0.920. The SMILES string of the molecule is CNC(=O)c1sc(NCC2CCOC2C)c(SC)c1N. The van der Waals surface area contributed by atoms with Crippen LogP contribution in [0.5, 0.6) is 0 Å². The van der Waals surface area contributed by atoms with Crippen LogP contribution in [0.15, 0.2) is 4.90 Å². The van der Waals surface area contributed by atoms with Gasteiger partial charge in [0.2, 0.25) is 0 Å². The summed E-state index contributed by atoms with van der Waals surface area (Å²) < 4.78 is 5.56. The molecule has 1 aliphatic heterocycles. The van der Waals surface area contributed by atoms with E-state index in [4.69, 9.17) is 10.5 Å². The van der Waals surface area contributed by atoms with Crippen LogP contribution >= 0.6 is 23.1 Å². The number of carbonyl (C=O) groups excluding carboxylic acids is 1. The molecule has 2 unspecified atom stereocenters. The van der Waals surface area contributed by atoms with Crippen molar-refractivity contribution in [2.24, 2.45) is 5.92 Å². The van der Waals surface area contributed by atoms with Gasteiger partial charge in [-0.25, -0.2) is 0 Å². The highest BCUT2D eigenvalue weighted by Gasteiger charge is 2.25. The summed E-state index contributed by atoms with van der Waals surface area (Å²) in [6, 6.07) is 0. The summed E-state index contributed by atoms with van der Waals surface area (Å²) in [4.78, 5) is 13.3. The number of hydrogen-bond acceptors (Lipinski definition) is 6. The second kappa shape index (κ2) is 6.69. The van der Waals surface area contributed by atoms with Gasteiger partial charge in [-0.15, -0.1) is 23.1 Å². The number of nitrogen functional groups attached to an aromatic ring is 1. The lowest BCUT2D eigenvalue weighted by Crippen LogP contribution is -2.20. The van der Waals surface area contributed by atoms with Crippen LogP contribution < -0.4 is 16.4 Å². The lowest BCUT2D eigenvalue weighted by molar-refractivity contribution is 0.0967. The maximum atomic E-state index is 11.8. The van der Waals surface area contributed by atoms with Crippen molar-refractivity contribution >= 4 is 39.7 Å². The Morgan fingerprint density at radius 2 is 2.35 bits per heavy atom. The predicted molar refractivity (Wildman–Crippen MR) is 85.9 cm³/mol. The molecule has 0 radical (unpaired) electrons. The highest BCUT2D eigenvalue weighted by atomic mass is 32.2. The van der Waals surface area contributed by atoms with Crippen molar-refractivity contribution in [2.75, 3.05) is 37.5 Å². The van der Waals surface area contributed by atoms with Gasteiger partial charge < -0.3 is 21.1 Å². The summed E-state index contributed by atoms with van der Waals surface area (Å²) in [7, 11) is 1.62. The third-order valence-electron chi connectivity index (χ3n) is 3.60. The number of carbonyl (C=O) groups is 1. The molecule has 1 saturated heterocycles. The normalized spacial score (nSPS) is 21.9. The number of anilines is 2. The zero-order chi connectivity index (χ0) is 14.7. The van der Waals surface area contributed by atoms with Crippen LogP contribution in [0.2, 0.25) is 0 Å². The predicted octanol–water partition coefficient (Wildman–Crippen LogP) is 2.25. The van der Waals surface area contributed by atoms with Gasteiger partial charge in [0.1, 0.15) is 9.88 Å². The molecule has 1 amide bonds. The highest BCUT2D eigenvalue weighted by molar-refractivity contribution is 7.99. The topological polar surface area (TPSA) is 76.4 Å². The first-order valence-electron chi connectivity index (χ1n) is 6.62. The Bertz CT molecular complexity index is 490. The third-order valence-corrected chi connectivity index (χ3v) is 5.72. The van der Waals surface area contributed by atoms with Gasteiger partial charge in [0.15, 0.2) is 0 Å². The molecule has 1 aliphatic rings. The molecule has 1 fully saturated rings. The van der Waals surface area contributed by atoms with E-state index in [1.165, 1.54) is 11.3 Å². The minimum atomic E-state index is -0.131. The smallest absolute Gasteiger partial charge is 0.263 e. The summed E-state index contributed by atoms with van der Waals surface area (Å²) >= 11 is 2.98. The fourth-order valence-electron chi connectivity index (χ4n) is 2.30. The third kappa shape index (κ3) is 3.05. The molecule has 2 atom stereocenters. The number of thioether (sulfide) groups is 1. The van der Waals surface area contributed by atoms with E-state index >= 15 is 0 Å². The van der Waals surface area contributed by atoms with Crippen LogP contribution in [0.3, 0.4) is 0 Å². The molecule has 0 spiro atoms. The summed E-state index contributed by atoms with van der Waals surface area (Å²) in [6.07, 6.45) is 3.33. The number of hydrogen-bond donors (Lipinski definition) is 3. The number of nitrogens with two attached hydrogens (primary N) is 1. The average molecular weight is 315 g/mol. The van der Waals surface area contributed by atoms with E-state index in [0.29, 0.717) is 16.5 Å². The summed E-state index contributed by atoms with van der Waals surface area (Å²) in [6.45, 7) is 3.79. The van der Waals surface area contributed by atoms with Gasteiger partial charge in [-0.3, -0.25) is 4.79 Å². The van der Waals surface area contributed by atoms with E-state index in [2.05, 4.69) is 17.6 Å². The fraction of sp³-hybridized carbons (Fsp3) is 0.615. The molecule has 7 heteroatoms. The van der Waals surface area contributed by atoms with Crippen LogP contribution in [-0.4, -0.2) is 38.5 Å². The largest absolute Gasteiger partial charge is 0.396 e. The van der Waals surface area contributed by atoms with E-state index in [9.17, 15) is 4.79 Å². The number of ether oxygens (including phenoxy) is 1. The Labute approximate surface area is 127 Å². The van der Waals surface area contributed by atoms with Crippen molar-refractivity contribution in [3.05, 3.63) is 4.88 Å². The van der Waals surface area contributed by atoms with Crippen LogP contribution in [0, 0.1) is 5.92 Å². The number of nitrogens with one attached hydrogen (secondary N) is 2. The lowest BCUT2D eigenvalue weighted by atomic mass is 10.0. The fourth-order valence-corrected chi connectivity index (χ4v) is 4.29. The molecule has 4 N–H and O–H groups in total. The molecule has 20 heavy (non-hydrogen) atoms. The van der Waals surface area contributed by atoms with E-state index in [0.717, 1.165) is 29.5 Å². The van der Waals surface area contributed by atoms with Crippen molar-refractivity contribution in [2.45, 2.75) is 24.3 Å². The molecule has 5 nitrogen and oxygen atoms in total. The summed E-state index contributed by atoms with van der Waals surface area (Å²) in [5, 5.41) is 7.04. The second-order valence-electron chi connectivity index (χ2n) is 4.79. The Balaban J connectivity index is 2.12. The van der Waals surface area contributed by atoms with Gasteiger partial charge in [-0.05, 0) is 19.6 Å². The zero-order valence-corrected chi connectivity index (χ0v) is 13.6. The van der Waals surface area contributed by atoms with Gasteiger partial charge in [0, 0.05) is 26.1 Å². The van der Waals surface area contributed by atoms with E-state index in [1.54, 1.807) is 18.8 Å². The van der Waals surface area contributed by atoms with E-state index < -0.39 is 0 Å². The maximum absolute atomic E-state index is 11.8. The summed E-state index contributed by atoms with van der Waals surface area (Å²) in [5.74, 6) is 0.380. The van der Waals surface area contributed by atoms with Crippen molar-refractivity contribution in [1.82, 2.24) is 5.32 Å². The average Bonchev–Trinajstić information content (AvgIpc) is 2.99. The van der Waals surface area contributed by atoms with Crippen molar-refractivity contribution in [1.29, 1.82) is 0 Å². The minimum absolute atomic E-state index is 0.131. The van der Waals surface area contributed by atoms with E-state index in [-0.39, 0.29) is 12.0 Å². The van der Waals surface area contributed by atoms with Gasteiger partial charge in [0.25, 0.3) is 5.91 Å². The first-order chi connectivity index (χ1) is 9.58. The van der Waals surface area contributed by atoms with Crippen LogP contribution in [0.1, 0.15) is 23.0 Å². The Morgan fingerprint density at radius 1 is 1.60 bits per heavy atom. The lowest BCUT2D eigenvalue weighted by Gasteiger charge is -2.15. The molecule has 2 heterocycles. The minimum Gasteiger partial charge on any atom is -0.396 e. The van der Waals surface area contributed by atoms with Crippen LogP contribution in [-0.2, 0) is 4.74 Å². The van der Waals surface area contributed by atoms with Gasteiger partial charge in [-0.1, -0.05) is 0 Å². The Morgan fingerprint density at radius 3 is 2.90 bits per heavy atom. The first-order valence-corrected chi connectivity index (χ1v) is 8.66. The molecule has 2 rings (SSSR count). The van der Waals surface area contributed by atoms with Gasteiger partial charge in [0.05, 0.1) is 16.7 Å². The molecule has 0 aliphatic carbocycles. The second-order valence-corrected chi connectivity index (χ2v) is 6.63. The van der Waals surface area contributed by atoms with Crippen molar-refractivity contribution < 1.29 is 9.53 Å². The molecule has 1 aromatic rings. The van der Waals surface area contributed by atoms with Gasteiger partial charge in [-0.2, -0.15) is 0 Å². The van der Waals surface area contributed by atoms with Crippen LogP contribution in [0.4, 0.5) is 10.7 Å². The first kappa shape index (κ1) is 15.5. The highest BCUT2D eigenvalue weighted by Crippen LogP contribution is 2.41. The molecule has 1 aromatic heterocycles. The van der Waals surface area contributed by atoms with Crippen molar-refractivity contribution in [3.63, 3.8) is 0 Å². The molecule has 112 valence electrons. The molecular weight excluding hydrogens is 294 g/mol. The van der Waals surface area contributed by atoms with E-state index in [1.807, 2.05) is 6.26 Å². The van der Waals surface area contributed by atoms with Gasteiger partial charge >= 0.3 is 0 Å². The van der Waals surface area contributed by atoms with Crippen LogP contribution in [0.25, 0.3) is 0 Å².